The Balaban J connectivity index is 1.99. The summed E-state index contributed by atoms with van der Waals surface area (Å²) in [6, 6.07) is 10.7. The molecule has 0 aliphatic carbocycles. The van der Waals surface area contributed by atoms with Crippen molar-refractivity contribution in [1.82, 2.24) is 5.43 Å². The van der Waals surface area contributed by atoms with Crippen LogP contribution in [0.2, 0.25) is 0 Å². The fraction of sp³-hybridized carbons (Fsp3) is 0.375. The van der Waals surface area contributed by atoms with Crippen molar-refractivity contribution in [1.29, 1.82) is 0 Å². The van der Waals surface area contributed by atoms with Crippen LogP contribution in [0.5, 0.6) is 5.75 Å². The molecular weight excluding hydrogens is 268 g/mol. The molecule has 20 heavy (non-hydrogen) atoms. The molecule has 3 N–H and O–H groups in total. The van der Waals surface area contributed by atoms with Crippen molar-refractivity contribution in [2.75, 3.05) is 7.11 Å². The molecule has 0 bridgehead atoms. The summed E-state index contributed by atoms with van der Waals surface area (Å²) in [5.74, 6) is 6.61. The molecular formula is C16H22N2OS. The van der Waals surface area contributed by atoms with Crippen LogP contribution >= 0.6 is 11.3 Å². The van der Waals surface area contributed by atoms with Gasteiger partial charge in [0.1, 0.15) is 5.75 Å². The number of benzene rings is 1. The van der Waals surface area contributed by atoms with Gasteiger partial charge in [-0.15, -0.1) is 11.3 Å². The molecule has 4 heteroatoms. The molecule has 0 saturated carbocycles. The molecule has 0 fully saturated rings. The molecule has 108 valence electrons. The van der Waals surface area contributed by atoms with Gasteiger partial charge in [-0.25, -0.2) is 0 Å². The fourth-order valence-corrected chi connectivity index (χ4v) is 3.32. The van der Waals surface area contributed by atoms with Crippen LogP contribution in [0.4, 0.5) is 0 Å². The van der Waals surface area contributed by atoms with Crippen LogP contribution in [0.1, 0.15) is 33.3 Å². The van der Waals surface area contributed by atoms with Crippen LogP contribution in [0.15, 0.2) is 30.3 Å². The lowest BCUT2D eigenvalue weighted by atomic mass is 10.0. The molecule has 0 radical (unpaired) electrons. The highest BCUT2D eigenvalue weighted by atomic mass is 32.1. The molecule has 3 nitrogen and oxygen atoms in total. The van der Waals surface area contributed by atoms with Crippen LogP contribution in [-0.4, -0.2) is 7.11 Å². The zero-order valence-corrected chi connectivity index (χ0v) is 13.1. The van der Waals surface area contributed by atoms with E-state index in [9.17, 15) is 0 Å². The first-order valence-corrected chi connectivity index (χ1v) is 7.61. The summed E-state index contributed by atoms with van der Waals surface area (Å²) in [6.07, 6.45) is 1.98. The van der Waals surface area contributed by atoms with Crippen molar-refractivity contribution in [2.24, 2.45) is 5.84 Å². The first kappa shape index (κ1) is 15.0. The normalized spacial score (nSPS) is 12.4. The molecule has 0 spiro atoms. The third kappa shape index (κ3) is 3.60. The average molecular weight is 290 g/mol. The monoisotopic (exact) mass is 290 g/mol. The summed E-state index contributed by atoms with van der Waals surface area (Å²) in [6.45, 7) is 4.30. The van der Waals surface area contributed by atoms with Crippen LogP contribution in [-0.2, 0) is 6.42 Å². The predicted octanol–water partition coefficient (Wildman–Crippen LogP) is 3.51. The second-order valence-corrected chi connectivity index (χ2v) is 6.28. The van der Waals surface area contributed by atoms with E-state index in [4.69, 9.17) is 10.6 Å². The number of rotatable bonds is 6. The number of aryl methyl sites for hydroxylation is 3. The van der Waals surface area contributed by atoms with Gasteiger partial charge in [-0.2, -0.15) is 0 Å². The number of nitrogens with two attached hydrogens (primary N) is 1. The van der Waals surface area contributed by atoms with Gasteiger partial charge in [0.2, 0.25) is 0 Å². The number of thiophene rings is 1. The SMILES string of the molecule is COc1ccc(CCC(NN)c2cc(C)c(C)s2)cc1. The third-order valence-electron chi connectivity index (χ3n) is 3.61. The Morgan fingerprint density at radius 3 is 2.45 bits per heavy atom. The summed E-state index contributed by atoms with van der Waals surface area (Å²) < 4.78 is 5.17. The van der Waals surface area contributed by atoms with Gasteiger partial charge >= 0.3 is 0 Å². The first-order valence-electron chi connectivity index (χ1n) is 6.80. The molecule has 1 aromatic heterocycles. The van der Waals surface area contributed by atoms with Gasteiger partial charge in [0.25, 0.3) is 0 Å². The highest BCUT2D eigenvalue weighted by molar-refractivity contribution is 7.12. The number of hydrogen-bond donors (Lipinski definition) is 2. The van der Waals surface area contributed by atoms with Crippen molar-refractivity contribution < 1.29 is 4.74 Å². The minimum Gasteiger partial charge on any atom is -0.497 e. The topological polar surface area (TPSA) is 47.3 Å². The molecule has 1 heterocycles. The first-order chi connectivity index (χ1) is 9.63. The molecule has 0 aliphatic heterocycles. The van der Waals surface area contributed by atoms with E-state index in [2.05, 4.69) is 37.5 Å². The molecule has 1 unspecified atom stereocenters. The van der Waals surface area contributed by atoms with Crippen molar-refractivity contribution in [3.05, 3.63) is 51.2 Å². The molecule has 1 atom stereocenters. The second kappa shape index (κ2) is 6.88. The van der Waals surface area contributed by atoms with E-state index >= 15 is 0 Å². The minimum absolute atomic E-state index is 0.217. The predicted molar refractivity (Wildman–Crippen MR) is 85.2 cm³/mol. The van der Waals surface area contributed by atoms with Gasteiger partial charge in [-0.3, -0.25) is 11.3 Å². The summed E-state index contributed by atoms with van der Waals surface area (Å²) in [4.78, 5) is 2.68. The minimum atomic E-state index is 0.217. The Hall–Kier alpha value is -1.36. The third-order valence-corrected chi connectivity index (χ3v) is 4.88. The molecule has 0 aliphatic rings. The smallest absolute Gasteiger partial charge is 0.118 e. The lowest BCUT2D eigenvalue weighted by molar-refractivity contribution is 0.414. The molecule has 0 saturated heterocycles. The van der Waals surface area contributed by atoms with E-state index in [-0.39, 0.29) is 6.04 Å². The highest BCUT2D eigenvalue weighted by Crippen LogP contribution is 2.28. The van der Waals surface area contributed by atoms with Crippen LogP contribution < -0.4 is 16.0 Å². The van der Waals surface area contributed by atoms with E-state index in [0.29, 0.717) is 0 Å². The number of ether oxygens (including phenoxy) is 1. The lowest BCUT2D eigenvalue weighted by Crippen LogP contribution is -2.27. The number of nitrogens with one attached hydrogen (secondary N) is 1. The van der Waals surface area contributed by atoms with E-state index in [0.717, 1.165) is 18.6 Å². The summed E-state index contributed by atoms with van der Waals surface area (Å²) in [7, 11) is 1.69. The lowest BCUT2D eigenvalue weighted by Gasteiger charge is -2.14. The second-order valence-electron chi connectivity index (χ2n) is 4.99. The van der Waals surface area contributed by atoms with Gasteiger partial charge in [-0.1, -0.05) is 12.1 Å². The van der Waals surface area contributed by atoms with E-state index in [1.54, 1.807) is 7.11 Å². The standard InChI is InChI=1S/C16H22N2OS/c1-11-10-16(20-12(11)2)15(18-17)9-6-13-4-7-14(19-3)8-5-13/h4-5,7-8,10,15,18H,6,9,17H2,1-3H3. The summed E-state index contributed by atoms with van der Waals surface area (Å²) >= 11 is 1.83. The Bertz CT molecular complexity index is 529. The Kier molecular flexibility index (Phi) is 5.17. The van der Waals surface area contributed by atoms with Crippen LogP contribution in [0.3, 0.4) is 0 Å². The van der Waals surface area contributed by atoms with E-state index in [1.807, 2.05) is 23.5 Å². The molecule has 1 aromatic carbocycles. The van der Waals surface area contributed by atoms with Gasteiger partial charge in [0, 0.05) is 9.75 Å². The fourth-order valence-electron chi connectivity index (χ4n) is 2.18. The maximum absolute atomic E-state index is 5.71. The molecule has 0 amide bonds. The van der Waals surface area contributed by atoms with E-state index < -0.39 is 0 Å². The Labute approximate surface area is 124 Å². The summed E-state index contributed by atoms with van der Waals surface area (Å²) in [5.41, 5.74) is 5.58. The van der Waals surface area contributed by atoms with Gasteiger partial charge in [-0.05, 0) is 56.0 Å². The zero-order chi connectivity index (χ0) is 14.5. The van der Waals surface area contributed by atoms with Crippen molar-refractivity contribution in [3.8, 4) is 5.75 Å². The van der Waals surface area contributed by atoms with Gasteiger partial charge < -0.3 is 4.74 Å². The van der Waals surface area contributed by atoms with Gasteiger partial charge in [0.15, 0.2) is 0 Å². The van der Waals surface area contributed by atoms with Crippen LogP contribution in [0.25, 0.3) is 0 Å². The number of hydrogen-bond acceptors (Lipinski definition) is 4. The van der Waals surface area contributed by atoms with Crippen molar-refractivity contribution >= 4 is 11.3 Å². The Morgan fingerprint density at radius 1 is 1.25 bits per heavy atom. The van der Waals surface area contributed by atoms with E-state index in [1.165, 1.54) is 20.9 Å². The highest BCUT2D eigenvalue weighted by Gasteiger charge is 2.13. The quantitative estimate of drug-likeness (QED) is 0.632. The van der Waals surface area contributed by atoms with Gasteiger partial charge in [0.05, 0.1) is 13.2 Å². The Morgan fingerprint density at radius 2 is 1.95 bits per heavy atom. The summed E-state index contributed by atoms with van der Waals surface area (Å²) in [5, 5.41) is 0. The molecule has 2 aromatic rings. The maximum atomic E-state index is 5.71. The zero-order valence-electron chi connectivity index (χ0n) is 12.3. The maximum Gasteiger partial charge on any atom is 0.118 e. The number of hydrazine groups is 1. The average Bonchev–Trinajstić information content (AvgIpc) is 2.80. The van der Waals surface area contributed by atoms with Crippen molar-refractivity contribution in [3.63, 3.8) is 0 Å². The largest absolute Gasteiger partial charge is 0.497 e. The van der Waals surface area contributed by atoms with Crippen molar-refractivity contribution in [2.45, 2.75) is 32.7 Å². The number of methoxy groups -OCH3 is 1. The molecule has 2 rings (SSSR count). The van der Waals surface area contributed by atoms with Crippen LogP contribution in [0, 0.1) is 13.8 Å².